The molecule has 132 valence electrons. The van der Waals surface area contributed by atoms with E-state index in [9.17, 15) is 10.1 Å². The number of ketones is 1. The van der Waals surface area contributed by atoms with Crippen LogP contribution in [0.25, 0.3) is 0 Å². The summed E-state index contributed by atoms with van der Waals surface area (Å²) in [5.74, 6) is -0.249. The zero-order chi connectivity index (χ0) is 18.0. The van der Waals surface area contributed by atoms with Gasteiger partial charge in [0.1, 0.15) is 0 Å². The maximum Gasteiger partial charge on any atom is 0.162 e. The molecule has 6 nitrogen and oxygen atoms in total. The van der Waals surface area contributed by atoms with Gasteiger partial charge in [0.15, 0.2) is 5.78 Å². The summed E-state index contributed by atoms with van der Waals surface area (Å²) in [6.45, 7) is 5.30. The molecule has 0 bridgehead atoms. The second kappa shape index (κ2) is 7.08. The van der Waals surface area contributed by atoms with Crippen LogP contribution in [0.4, 0.5) is 0 Å². The summed E-state index contributed by atoms with van der Waals surface area (Å²) in [6.07, 6.45) is 3.00. The monoisotopic (exact) mass is 358 g/mol. The summed E-state index contributed by atoms with van der Waals surface area (Å²) in [4.78, 5) is 17.9. The number of carbonyl (C=O) groups excluding carboxylic acids is 1. The molecule has 1 aliphatic carbocycles. The highest BCUT2D eigenvalue weighted by molar-refractivity contribution is 7.09. The van der Waals surface area contributed by atoms with Crippen LogP contribution in [-0.4, -0.2) is 30.5 Å². The molecule has 0 fully saturated rings. The molecule has 0 spiro atoms. The lowest BCUT2D eigenvalue weighted by Crippen LogP contribution is -2.38. The zero-order valence-electron chi connectivity index (χ0n) is 14.5. The van der Waals surface area contributed by atoms with Crippen molar-refractivity contribution in [3.63, 3.8) is 0 Å². The summed E-state index contributed by atoms with van der Waals surface area (Å²) in [7, 11) is 0. The quantitative estimate of drug-likeness (QED) is 0.783. The minimum Gasteiger partial charge on any atom is -0.374 e. The first kappa shape index (κ1) is 17.8. The summed E-state index contributed by atoms with van der Waals surface area (Å²) in [6, 6.07) is 2.29. The summed E-state index contributed by atoms with van der Waals surface area (Å²) >= 11 is 1.47. The van der Waals surface area contributed by atoms with Crippen molar-refractivity contribution in [1.29, 1.82) is 5.26 Å². The van der Waals surface area contributed by atoms with Crippen molar-refractivity contribution in [2.45, 2.75) is 32.6 Å². The Morgan fingerprint density at radius 2 is 2.32 bits per heavy atom. The number of aromatic nitrogens is 1. The highest BCUT2D eigenvalue weighted by Gasteiger charge is 2.42. The number of thiazole rings is 1. The number of dihydropyridines is 1. The van der Waals surface area contributed by atoms with Crippen molar-refractivity contribution in [2.75, 3.05) is 19.8 Å². The van der Waals surface area contributed by atoms with Crippen LogP contribution in [0.5, 0.6) is 0 Å². The van der Waals surface area contributed by atoms with Crippen LogP contribution >= 0.6 is 11.3 Å². The first-order valence-corrected chi connectivity index (χ1v) is 9.17. The molecule has 1 aliphatic heterocycles. The van der Waals surface area contributed by atoms with Crippen LogP contribution in [0.1, 0.15) is 37.5 Å². The zero-order valence-corrected chi connectivity index (χ0v) is 15.3. The maximum absolute atomic E-state index is 12.9. The molecule has 0 saturated heterocycles. The van der Waals surface area contributed by atoms with Crippen LogP contribution in [0.3, 0.4) is 0 Å². The predicted molar refractivity (Wildman–Crippen MR) is 95.6 cm³/mol. The van der Waals surface area contributed by atoms with Gasteiger partial charge in [-0.05, 0) is 11.8 Å². The Morgan fingerprint density at radius 3 is 2.96 bits per heavy atom. The highest BCUT2D eigenvalue weighted by atomic mass is 32.1. The molecule has 7 heteroatoms. The van der Waals surface area contributed by atoms with Crippen LogP contribution in [-0.2, 0) is 9.53 Å². The third kappa shape index (κ3) is 3.52. The van der Waals surface area contributed by atoms with E-state index in [0.29, 0.717) is 30.7 Å². The number of Topliss-reactive ketones (excluding diaryl/α,β-unsaturated/α-hetero) is 1. The molecule has 0 amide bonds. The first-order valence-electron chi connectivity index (χ1n) is 8.29. The Hall–Kier alpha value is -2.01. The Balaban J connectivity index is 2.06. The van der Waals surface area contributed by atoms with E-state index in [-0.39, 0.29) is 23.7 Å². The van der Waals surface area contributed by atoms with Crippen LogP contribution in [0, 0.1) is 16.7 Å². The Morgan fingerprint density at radius 1 is 1.52 bits per heavy atom. The number of nitriles is 1. The molecule has 1 atom stereocenters. The predicted octanol–water partition coefficient (Wildman–Crippen LogP) is 2.23. The van der Waals surface area contributed by atoms with Gasteiger partial charge in [0.2, 0.25) is 0 Å². The Labute approximate surface area is 151 Å². The van der Waals surface area contributed by atoms with Gasteiger partial charge in [-0.25, -0.2) is 0 Å². The van der Waals surface area contributed by atoms with E-state index in [1.807, 2.05) is 0 Å². The van der Waals surface area contributed by atoms with E-state index in [4.69, 9.17) is 10.5 Å². The molecule has 25 heavy (non-hydrogen) atoms. The van der Waals surface area contributed by atoms with E-state index >= 15 is 0 Å². The van der Waals surface area contributed by atoms with Gasteiger partial charge < -0.3 is 15.8 Å². The van der Waals surface area contributed by atoms with Crippen molar-refractivity contribution >= 4 is 17.1 Å². The van der Waals surface area contributed by atoms with Crippen LogP contribution < -0.4 is 11.1 Å². The summed E-state index contributed by atoms with van der Waals surface area (Å²) in [5.41, 5.74) is 9.99. The minimum absolute atomic E-state index is 0.103. The number of hydrogen-bond acceptors (Lipinski definition) is 7. The van der Waals surface area contributed by atoms with E-state index in [0.717, 1.165) is 22.7 Å². The minimum atomic E-state index is -0.353. The fraction of sp³-hybridized carbons (Fsp3) is 0.500. The number of rotatable bonds is 5. The number of nitrogens with one attached hydrogen (secondary N) is 1. The van der Waals surface area contributed by atoms with Gasteiger partial charge in [-0.1, -0.05) is 13.8 Å². The SMILES string of the molecule is CC1(C)CC(=O)C2=C(C1)NC(COCCN)=C(C#N)C2c1cncs1. The molecule has 0 aromatic carbocycles. The largest absolute Gasteiger partial charge is 0.374 e. The van der Waals surface area contributed by atoms with Crippen LogP contribution in [0.15, 0.2) is 34.2 Å². The fourth-order valence-electron chi connectivity index (χ4n) is 3.51. The summed E-state index contributed by atoms with van der Waals surface area (Å²) < 4.78 is 5.56. The average molecular weight is 358 g/mol. The van der Waals surface area contributed by atoms with Gasteiger partial charge in [0.25, 0.3) is 0 Å². The Bertz CT molecular complexity index is 771. The number of hydrogen-bond donors (Lipinski definition) is 2. The van der Waals surface area contributed by atoms with Crippen molar-refractivity contribution < 1.29 is 9.53 Å². The average Bonchev–Trinajstić information content (AvgIpc) is 3.06. The van der Waals surface area contributed by atoms with E-state index in [2.05, 4.69) is 30.2 Å². The normalized spacial score (nSPS) is 22.5. The number of ether oxygens (including phenoxy) is 1. The number of allylic oxidation sites excluding steroid dienone is 3. The van der Waals surface area contributed by atoms with E-state index in [1.165, 1.54) is 11.3 Å². The van der Waals surface area contributed by atoms with E-state index in [1.54, 1.807) is 11.7 Å². The van der Waals surface area contributed by atoms with Crippen molar-refractivity contribution in [3.8, 4) is 6.07 Å². The standard InChI is InChI=1S/C18H22N4O2S/c1-18(2)5-12-17(14(23)6-18)16(15-8-21-10-25-15)11(7-20)13(22-12)9-24-4-3-19/h8,10,16,22H,3-6,9,19H2,1-2H3. The summed E-state index contributed by atoms with van der Waals surface area (Å²) in [5, 5.41) is 13.1. The van der Waals surface area contributed by atoms with Gasteiger partial charge in [0.05, 0.1) is 42.0 Å². The maximum atomic E-state index is 12.9. The topological polar surface area (TPSA) is 101 Å². The molecule has 0 saturated carbocycles. The van der Waals surface area contributed by atoms with E-state index < -0.39 is 0 Å². The molecule has 1 aromatic rings. The lowest BCUT2D eigenvalue weighted by Gasteiger charge is -2.38. The molecule has 1 unspecified atom stereocenters. The van der Waals surface area contributed by atoms with Crippen molar-refractivity contribution in [3.05, 3.63) is 39.1 Å². The van der Waals surface area contributed by atoms with Gasteiger partial charge >= 0.3 is 0 Å². The van der Waals surface area contributed by atoms with Gasteiger partial charge in [0, 0.05) is 35.3 Å². The second-order valence-electron chi connectivity index (χ2n) is 7.14. The van der Waals surface area contributed by atoms with Crippen molar-refractivity contribution in [1.82, 2.24) is 10.3 Å². The third-order valence-electron chi connectivity index (χ3n) is 4.49. The molecule has 3 N–H and O–H groups in total. The highest BCUT2D eigenvalue weighted by Crippen LogP contribution is 2.47. The van der Waals surface area contributed by atoms with Gasteiger partial charge in [-0.3, -0.25) is 9.78 Å². The lowest BCUT2D eigenvalue weighted by molar-refractivity contribution is -0.118. The second-order valence-corrected chi connectivity index (χ2v) is 8.06. The molecule has 2 aliphatic rings. The number of carbonyl (C=O) groups is 1. The molecule has 3 rings (SSSR count). The first-order chi connectivity index (χ1) is 12.0. The van der Waals surface area contributed by atoms with Gasteiger partial charge in [-0.2, -0.15) is 5.26 Å². The number of nitrogens with zero attached hydrogens (tertiary/aromatic N) is 2. The molecular weight excluding hydrogens is 336 g/mol. The lowest BCUT2D eigenvalue weighted by atomic mass is 9.70. The molecular formula is C18H22N4O2S. The fourth-order valence-corrected chi connectivity index (χ4v) is 4.24. The van der Waals surface area contributed by atoms with Crippen LogP contribution in [0.2, 0.25) is 0 Å². The molecule has 0 radical (unpaired) electrons. The molecule has 1 aromatic heterocycles. The van der Waals surface area contributed by atoms with Gasteiger partial charge in [-0.15, -0.1) is 11.3 Å². The Kier molecular flexibility index (Phi) is 5.04. The number of nitrogens with two attached hydrogens (primary N) is 1. The molecule has 2 heterocycles. The van der Waals surface area contributed by atoms with Crippen molar-refractivity contribution in [2.24, 2.45) is 11.1 Å². The smallest absolute Gasteiger partial charge is 0.162 e. The third-order valence-corrected chi connectivity index (χ3v) is 5.33.